The lowest BCUT2D eigenvalue weighted by Crippen LogP contribution is -2.35. The maximum atomic E-state index is 12.5. The summed E-state index contributed by atoms with van der Waals surface area (Å²) < 4.78 is 11.2. The summed E-state index contributed by atoms with van der Waals surface area (Å²) in [6.07, 6.45) is 1.99. The van der Waals surface area contributed by atoms with Gasteiger partial charge in [0.2, 0.25) is 0 Å². The molecular weight excluding hydrogens is 228 g/mol. The molecule has 0 N–H and O–H groups in total. The maximum Gasteiger partial charge on any atom is 0.197 e. The Morgan fingerprint density at radius 1 is 1.44 bits per heavy atom. The zero-order valence-electron chi connectivity index (χ0n) is 11.3. The van der Waals surface area contributed by atoms with Crippen molar-refractivity contribution in [2.24, 2.45) is 0 Å². The molecule has 0 saturated heterocycles. The summed E-state index contributed by atoms with van der Waals surface area (Å²) in [7, 11) is 0. The van der Waals surface area contributed by atoms with Gasteiger partial charge in [-0.1, -0.05) is 12.1 Å². The van der Waals surface area contributed by atoms with Crippen LogP contribution in [0.3, 0.4) is 0 Å². The molecule has 1 heterocycles. The van der Waals surface area contributed by atoms with Crippen molar-refractivity contribution in [3.63, 3.8) is 0 Å². The Kier molecular flexibility index (Phi) is 3.71. The maximum absolute atomic E-state index is 12.5. The average Bonchev–Trinajstić information content (AvgIpc) is 2.37. The van der Waals surface area contributed by atoms with Crippen molar-refractivity contribution >= 4 is 5.78 Å². The second-order valence-electron chi connectivity index (χ2n) is 5.02. The highest BCUT2D eigenvalue weighted by Crippen LogP contribution is 2.32. The molecule has 0 unspecified atom stereocenters. The van der Waals surface area contributed by atoms with Crippen LogP contribution >= 0.6 is 0 Å². The number of rotatable bonds is 4. The van der Waals surface area contributed by atoms with Crippen molar-refractivity contribution in [2.75, 3.05) is 13.2 Å². The first kappa shape index (κ1) is 13.1. The molecule has 2 rings (SSSR count). The molecule has 1 aliphatic rings. The van der Waals surface area contributed by atoms with Gasteiger partial charge in [0.1, 0.15) is 11.4 Å². The lowest BCUT2D eigenvalue weighted by molar-refractivity contribution is 0.000977. The lowest BCUT2D eigenvalue weighted by Gasteiger charge is -2.26. The number of aryl methyl sites for hydroxylation is 1. The van der Waals surface area contributed by atoms with E-state index in [4.69, 9.17) is 9.47 Å². The standard InChI is InChI=1S/C15H20O3/c1-4-18-15(2,3)14(16)12-9-5-7-11-8-6-10-17-13(11)12/h5,7,9H,4,6,8,10H2,1-3H3. The predicted molar refractivity (Wildman–Crippen MR) is 70.3 cm³/mol. The molecule has 1 aromatic rings. The molecule has 3 heteroatoms. The SMILES string of the molecule is CCOC(C)(C)C(=O)c1cccc2c1OCCC2. The quantitative estimate of drug-likeness (QED) is 0.768. The topological polar surface area (TPSA) is 35.5 Å². The third kappa shape index (κ3) is 2.41. The first-order valence-electron chi connectivity index (χ1n) is 6.49. The Bertz CT molecular complexity index is 449. The molecular formula is C15H20O3. The molecule has 0 amide bonds. The van der Waals surface area contributed by atoms with Gasteiger partial charge in [0.15, 0.2) is 5.78 Å². The van der Waals surface area contributed by atoms with Gasteiger partial charge in [-0.3, -0.25) is 4.79 Å². The minimum Gasteiger partial charge on any atom is -0.493 e. The van der Waals surface area contributed by atoms with E-state index in [0.717, 1.165) is 24.2 Å². The molecule has 0 aliphatic carbocycles. The molecule has 0 bridgehead atoms. The number of benzene rings is 1. The van der Waals surface area contributed by atoms with Crippen LogP contribution in [-0.4, -0.2) is 24.6 Å². The largest absolute Gasteiger partial charge is 0.493 e. The number of hydrogen-bond acceptors (Lipinski definition) is 3. The van der Waals surface area contributed by atoms with E-state index in [0.29, 0.717) is 18.8 Å². The fraction of sp³-hybridized carbons (Fsp3) is 0.533. The molecule has 0 aromatic heterocycles. The molecule has 1 aliphatic heterocycles. The van der Waals surface area contributed by atoms with Gasteiger partial charge in [0.25, 0.3) is 0 Å². The van der Waals surface area contributed by atoms with Crippen LogP contribution in [0.5, 0.6) is 5.75 Å². The van der Waals surface area contributed by atoms with Gasteiger partial charge < -0.3 is 9.47 Å². The monoisotopic (exact) mass is 248 g/mol. The van der Waals surface area contributed by atoms with E-state index in [9.17, 15) is 4.79 Å². The van der Waals surface area contributed by atoms with E-state index < -0.39 is 5.60 Å². The van der Waals surface area contributed by atoms with Crippen molar-refractivity contribution in [2.45, 2.75) is 39.2 Å². The van der Waals surface area contributed by atoms with Gasteiger partial charge in [0, 0.05) is 6.61 Å². The molecule has 0 saturated carbocycles. The zero-order valence-corrected chi connectivity index (χ0v) is 11.3. The van der Waals surface area contributed by atoms with Crippen LogP contribution < -0.4 is 4.74 Å². The third-order valence-corrected chi connectivity index (χ3v) is 3.23. The highest BCUT2D eigenvalue weighted by molar-refractivity contribution is 6.04. The van der Waals surface area contributed by atoms with Gasteiger partial charge in [-0.2, -0.15) is 0 Å². The van der Waals surface area contributed by atoms with Crippen LogP contribution in [0.4, 0.5) is 0 Å². The van der Waals surface area contributed by atoms with Crippen LogP contribution in [0.15, 0.2) is 18.2 Å². The lowest BCUT2D eigenvalue weighted by atomic mass is 9.92. The Morgan fingerprint density at radius 2 is 2.22 bits per heavy atom. The van der Waals surface area contributed by atoms with Gasteiger partial charge in [0.05, 0.1) is 12.2 Å². The minimum atomic E-state index is -0.801. The number of carbonyl (C=O) groups is 1. The summed E-state index contributed by atoms with van der Waals surface area (Å²) >= 11 is 0. The van der Waals surface area contributed by atoms with Crippen molar-refractivity contribution < 1.29 is 14.3 Å². The number of ketones is 1. The summed E-state index contributed by atoms with van der Waals surface area (Å²) in [5.74, 6) is 0.740. The normalized spacial score (nSPS) is 14.8. The van der Waals surface area contributed by atoms with Crippen LogP contribution in [-0.2, 0) is 11.2 Å². The van der Waals surface area contributed by atoms with Crippen molar-refractivity contribution in [1.29, 1.82) is 0 Å². The van der Waals surface area contributed by atoms with Gasteiger partial charge >= 0.3 is 0 Å². The van der Waals surface area contributed by atoms with Crippen LogP contribution in [0.25, 0.3) is 0 Å². The highest BCUT2D eigenvalue weighted by atomic mass is 16.5. The van der Waals surface area contributed by atoms with Gasteiger partial charge in [-0.25, -0.2) is 0 Å². The molecule has 0 radical (unpaired) electrons. The summed E-state index contributed by atoms with van der Waals surface area (Å²) in [6, 6.07) is 5.77. The summed E-state index contributed by atoms with van der Waals surface area (Å²) in [5, 5.41) is 0. The van der Waals surface area contributed by atoms with Gasteiger partial charge in [-0.05, 0) is 45.2 Å². The smallest absolute Gasteiger partial charge is 0.197 e. The number of hydrogen-bond donors (Lipinski definition) is 0. The third-order valence-electron chi connectivity index (χ3n) is 3.23. The Hall–Kier alpha value is -1.35. The molecule has 0 fully saturated rings. The van der Waals surface area contributed by atoms with Crippen molar-refractivity contribution in [1.82, 2.24) is 0 Å². The van der Waals surface area contributed by atoms with E-state index in [1.165, 1.54) is 0 Å². The number of carbonyl (C=O) groups excluding carboxylic acids is 1. The summed E-state index contributed by atoms with van der Waals surface area (Å²) in [4.78, 5) is 12.5. The Balaban J connectivity index is 2.36. The highest BCUT2D eigenvalue weighted by Gasteiger charge is 2.32. The molecule has 3 nitrogen and oxygen atoms in total. The zero-order chi connectivity index (χ0) is 13.2. The van der Waals surface area contributed by atoms with E-state index in [-0.39, 0.29) is 5.78 Å². The fourth-order valence-electron chi connectivity index (χ4n) is 2.32. The number of ether oxygens (including phenoxy) is 2. The first-order valence-corrected chi connectivity index (χ1v) is 6.49. The molecule has 18 heavy (non-hydrogen) atoms. The average molecular weight is 248 g/mol. The van der Waals surface area contributed by atoms with E-state index in [1.807, 2.05) is 25.1 Å². The summed E-state index contributed by atoms with van der Waals surface area (Å²) in [5.41, 5.74) is 0.968. The number of para-hydroxylation sites is 1. The fourth-order valence-corrected chi connectivity index (χ4v) is 2.32. The second kappa shape index (κ2) is 5.11. The summed E-state index contributed by atoms with van der Waals surface area (Å²) in [6.45, 7) is 6.72. The molecule has 98 valence electrons. The van der Waals surface area contributed by atoms with Crippen LogP contribution in [0.2, 0.25) is 0 Å². The second-order valence-corrected chi connectivity index (χ2v) is 5.02. The van der Waals surface area contributed by atoms with Gasteiger partial charge in [-0.15, -0.1) is 0 Å². The van der Waals surface area contributed by atoms with Crippen LogP contribution in [0.1, 0.15) is 43.1 Å². The first-order chi connectivity index (χ1) is 8.56. The Morgan fingerprint density at radius 3 is 2.94 bits per heavy atom. The van der Waals surface area contributed by atoms with E-state index in [1.54, 1.807) is 13.8 Å². The molecule has 0 atom stereocenters. The molecule has 0 spiro atoms. The number of fused-ring (bicyclic) bond motifs is 1. The Labute approximate surface area is 108 Å². The van der Waals surface area contributed by atoms with E-state index >= 15 is 0 Å². The predicted octanol–water partition coefficient (Wildman–Crippen LogP) is 3.01. The van der Waals surface area contributed by atoms with Crippen LogP contribution in [0, 0.1) is 0 Å². The van der Waals surface area contributed by atoms with Crippen molar-refractivity contribution in [3.8, 4) is 5.75 Å². The van der Waals surface area contributed by atoms with Crippen molar-refractivity contribution in [3.05, 3.63) is 29.3 Å². The number of Topliss-reactive ketones (excluding diaryl/α,β-unsaturated/α-hetero) is 1. The molecule has 1 aromatic carbocycles. The minimum absolute atomic E-state index is 0.0110. The van der Waals surface area contributed by atoms with E-state index in [2.05, 4.69) is 0 Å².